The van der Waals surface area contributed by atoms with Gasteiger partial charge in [0.1, 0.15) is 0 Å². The van der Waals surface area contributed by atoms with Gasteiger partial charge in [-0.15, -0.1) is 24.0 Å². The van der Waals surface area contributed by atoms with Crippen LogP contribution in [0.2, 0.25) is 0 Å². The van der Waals surface area contributed by atoms with E-state index in [0.717, 1.165) is 43.7 Å². The minimum Gasteiger partial charge on any atom is -0.379 e. The number of hydrogen-bond donors (Lipinski definition) is 1. The number of aliphatic imine (C=N–C) groups is 1. The van der Waals surface area contributed by atoms with Crippen molar-refractivity contribution in [3.8, 4) is 0 Å². The number of ether oxygens (including phenoxy) is 1. The molecule has 1 aromatic carbocycles. The number of hydrogen-bond acceptors (Lipinski definition) is 3. The summed E-state index contributed by atoms with van der Waals surface area (Å²) in [5.74, 6) is 2.83. The summed E-state index contributed by atoms with van der Waals surface area (Å²) < 4.78 is 17.9. The van der Waals surface area contributed by atoms with Crippen molar-refractivity contribution in [1.82, 2.24) is 10.2 Å². The maximum absolute atomic E-state index is 12.2. The molecule has 148 valence electrons. The van der Waals surface area contributed by atoms with Crippen LogP contribution in [0.5, 0.6) is 0 Å². The SMILES string of the molecule is CCNC(=NCCS(=O)Cc1ccccc1)N(C)CCOCC1CC1.I. The minimum atomic E-state index is -0.888. The Bertz CT molecular complexity index is 553. The molecule has 0 radical (unpaired) electrons. The molecule has 1 aromatic rings. The molecule has 0 aromatic heterocycles. The van der Waals surface area contributed by atoms with Gasteiger partial charge < -0.3 is 15.0 Å². The van der Waals surface area contributed by atoms with E-state index in [-0.39, 0.29) is 24.0 Å². The van der Waals surface area contributed by atoms with Crippen LogP contribution in [-0.2, 0) is 21.3 Å². The van der Waals surface area contributed by atoms with Gasteiger partial charge >= 0.3 is 0 Å². The molecule has 1 saturated carbocycles. The monoisotopic (exact) mass is 493 g/mol. The van der Waals surface area contributed by atoms with E-state index in [9.17, 15) is 4.21 Å². The molecule has 1 aliphatic rings. The van der Waals surface area contributed by atoms with Crippen LogP contribution in [0.25, 0.3) is 0 Å². The number of halogens is 1. The molecule has 5 nitrogen and oxygen atoms in total. The first-order valence-electron chi connectivity index (χ1n) is 9.15. The van der Waals surface area contributed by atoms with Crippen LogP contribution in [0.4, 0.5) is 0 Å². The molecule has 1 unspecified atom stereocenters. The van der Waals surface area contributed by atoms with Gasteiger partial charge in [-0.25, -0.2) is 0 Å². The molecule has 0 aliphatic heterocycles. The van der Waals surface area contributed by atoms with Crippen LogP contribution in [0.15, 0.2) is 35.3 Å². The number of nitrogens with zero attached hydrogens (tertiary/aromatic N) is 2. The fraction of sp³-hybridized carbons (Fsp3) is 0.632. The molecular formula is C19H32IN3O2S. The lowest BCUT2D eigenvalue weighted by Gasteiger charge is -2.22. The molecule has 0 spiro atoms. The lowest BCUT2D eigenvalue weighted by atomic mass is 10.2. The first-order chi connectivity index (χ1) is 12.2. The Morgan fingerprint density at radius 2 is 2.08 bits per heavy atom. The number of likely N-dealkylation sites (N-methyl/N-ethyl adjacent to an activating group) is 1. The van der Waals surface area contributed by atoms with Crippen molar-refractivity contribution in [2.75, 3.05) is 45.6 Å². The molecule has 0 bridgehead atoms. The van der Waals surface area contributed by atoms with E-state index in [2.05, 4.69) is 22.1 Å². The molecule has 1 aliphatic carbocycles. The van der Waals surface area contributed by atoms with Gasteiger partial charge in [0.05, 0.1) is 13.2 Å². The fourth-order valence-electron chi connectivity index (χ4n) is 2.40. The summed E-state index contributed by atoms with van der Waals surface area (Å²) in [5, 5.41) is 3.29. The van der Waals surface area contributed by atoms with Gasteiger partial charge in [-0.05, 0) is 31.2 Å². The molecule has 7 heteroatoms. The van der Waals surface area contributed by atoms with E-state index in [1.54, 1.807) is 0 Å². The van der Waals surface area contributed by atoms with Gasteiger partial charge in [0.2, 0.25) is 0 Å². The quantitative estimate of drug-likeness (QED) is 0.223. The van der Waals surface area contributed by atoms with E-state index in [1.807, 2.05) is 37.4 Å². The van der Waals surface area contributed by atoms with E-state index < -0.39 is 10.8 Å². The number of guanidine groups is 1. The third-order valence-corrected chi connectivity index (χ3v) is 5.36. The van der Waals surface area contributed by atoms with Crippen LogP contribution in [0.1, 0.15) is 25.3 Å². The van der Waals surface area contributed by atoms with Crippen LogP contribution in [0.3, 0.4) is 0 Å². The smallest absolute Gasteiger partial charge is 0.193 e. The molecule has 0 saturated heterocycles. The molecule has 1 atom stereocenters. The van der Waals surface area contributed by atoms with Crippen molar-refractivity contribution >= 4 is 40.7 Å². The Labute approximate surface area is 177 Å². The second-order valence-electron chi connectivity index (χ2n) is 6.45. The van der Waals surface area contributed by atoms with E-state index in [1.165, 1.54) is 12.8 Å². The molecule has 1 fully saturated rings. The van der Waals surface area contributed by atoms with Gasteiger partial charge in [0.25, 0.3) is 0 Å². The summed E-state index contributed by atoms with van der Waals surface area (Å²) >= 11 is 0. The largest absolute Gasteiger partial charge is 0.379 e. The molecule has 0 heterocycles. The van der Waals surface area contributed by atoms with Crippen molar-refractivity contribution in [3.63, 3.8) is 0 Å². The van der Waals surface area contributed by atoms with E-state index in [0.29, 0.717) is 18.1 Å². The highest BCUT2D eigenvalue weighted by atomic mass is 127. The van der Waals surface area contributed by atoms with E-state index in [4.69, 9.17) is 4.74 Å². The zero-order valence-electron chi connectivity index (χ0n) is 15.9. The highest BCUT2D eigenvalue weighted by Crippen LogP contribution is 2.28. The van der Waals surface area contributed by atoms with Crippen LogP contribution >= 0.6 is 24.0 Å². The maximum Gasteiger partial charge on any atom is 0.193 e. The second kappa shape index (κ2) is 13.5. The van der Waals surface area contributed by atoms with Crippen LogP contribution in [0, 0.1) is 5.92 Å². The number of benzene rings is 1. The Morgan fingerprint density at radius 3 is 2.73 bits per heavy atom. The maximum atomic E-state index is 12.2. The third kappa shape index (κ3) is 9.87. The summed E-state index contributed by atoms with van der Waals surface area (Å²) in [6, 6.07) is 9.97. The van der Waals surface area contributed by atoms with Gasteiger partial charge in [-0.2, -0.15) is 0 Å². The highest BCUT2D eigenvalue weighted by Gasteiger charge is 2.21. The summed E-state index contributed by atoms with van der Waals surface area (Å²) in [5.41, 5.74) is 1.11. The molecule has 26 heavy (non-hydrogen) atoms. The Hall–Kier alpha value is -0.670. The zero-order valence-corrected chi connectivity index (χ0v) is 19.0. The standard InChI is InChI=1S/C19H31N3O2S.HI/c1-3-20-19(22(2)12-13-24-15-17-9-10-17)21-11-14-25(23)16-18-7-5-4-6-8-18;/h4-8,17H,3,9-16H2,1-2H3,(H,20,21);1H. The molecule has 2 rings (SSSR count). The Balaban J connectivity index is 0.00000338. The summed E-state index contributed by atoms with van der Waals surface area (Å²) in [6.45, 7) is 5.86. The fourth-order valence-corrected chi connectivity index (χ4v) is 3.40. The Kier molecular flexibility index (Phi) is 12.1. The van der Waals surface area contributed by atoms with Gasteiger partial charge in [0, 0.05) is 49.0 Å². The van der Waals surface area contributed by atoms with Crippen molar-refractivity contribution in [2.45, 2.75) is 25.5 Å². The van der Waals surface area contributed by atoms with Crippen molar-refractivity contribution in [3.05, 3.63) is 35.9 Å². The third-order valence-electron chi connectivity index (χ3n) is 4.07. The predicted octanol–water partition coefficient (Wildman–Crippen LogP) is 2.88. The first kappa shape index (κ1) is 23.4. The average molecular weight is 493 g/mol. The summed E-state index contributed by atoms with van der Waals surface area (Å²) in [7, 11) is 1.13. The van der Waals surface area contributed by atoms with Crippen LogP contribution in [-0.4, -0.2) is 60.7 Å². The second-order valence-corrected chi connectivity index (χ2v) is 8.03. The summed E-state index contributed by atoms with van der Waals surface area (Å²) in [4.78, 5) is 6.68. The number of nitrogens with one attached hydrogen (secondary N) is 1. The average Bonchev–Trinajstić information content (AvgIpc) is 3.43. The summed E-state index contributed by atoms with van der Waals surface area (Å²) in [6.07, 6.45) is 2.64. The topological polar surface area (TPSA) is 53.9 Å². The number of rotatable bonds is 11. The minimum absolute atomic E-state index is 0. The molecular weight excluding hydrogens is 461 g/mol. The van der Waals surface area contributed by atoms with Gasteiger partial charge in [0.15, 0.2) is 5.96 Å². The lowest BCUT2D eigenvalue weighted by Crippen LogP contribution is -2.40. The molecule has 1 N–H and O–H groups in total. The first-order valence-corrected chi connectivity index (χ1v) is 10.6. The predicted molar refractivity (Wildman–Crippen MR) is 121 cm³/mol. The van der Waals surface area contributed by atoms with E-state index >= 15 is 0 Å². The van der Waals surface area contributed by atoms with Crippen molar-refractivity contribution < 1.29 is 8.95 Å². The lowest BCUT2D eigenvalue weighted by molar-refractivity contribution is 0.115. The van der Waals surface area contributed by atoms with Crippen molar-refractivity contribution in [1.29, 1.82) is 0 Å². The van der Waals surface area contributed by atoms with Crippen molar-refractivity contribution in [2.24, 2.45) is 10.9 Å². The van der Waals surface area contributed by atoms with Crippen LogP contribution < -0.4 is 5.32 Å². The zero-order chi connectivity index (χ0) is 17.9. The van der Waals surface area contributed by atoms with Gasteiger partial charge in [-0.3, -0.25) is 9.20 Å². The normalized spacial score (nSPS) is 15.2. The van der Waals surface area contributed by atoms with Gasteiger partial charge in [-0.1, -0.05) is 30.3 Å². The highest BCUT2D eigenvalue weighted by molar-refractivity contribution is 14.0. The molecule has 0 amide bonds. The Morgan fingerprint density at radius 1 is 1.35 bits per heavy atom.